The lowest BCUT2D eigenvalue weighted by molar-refractivity contribution is -0.385. The number of pyridine rings is 1. The Balaban J connectivity index is 2.61. The molecule has 1 N–H and O–H groups in total. The summed E-state index contributed by atoms with van der Waals surface area (Å²) in [4.78, 5) is 33.4. The molecule has 8 heteroatoms. The summed E-state index contributed by atoms with van der Waals surface area (Å²) in [5, 5.41) is 20.2. The molecular formula is C13H9ClN2O5. The number of nitro benzene ring substituents is 1. The van der Waals surface area contributed by atoms with Crippen LogP contribution in [0.5, 0.6) is 0 Å². The summed E-state index contributed by atoms with van der Waals surface area (Å²) in [7, 11) is 0. The van der Waals surface area contributed by atoms with E-state index in [1.165, 1.54) is 36.4 Å². The Morgan fingerprint density at radius 1 is 1.29 bits per heavy atom. The first-order valence-corrected chi connectivity index (χ1v) is 6.14. The van der Waals surface area contributed by atoms with Crippen LogP contribution < -0.4 is 5.56 Å². The van der Waals surface area contributed by atoms with Gasteiger partial charge in [-0.15, -0.1) is 0 Å². The Kier molecular flexibility index (Phi) is 4.04. The molecule has 0 spiro atoms. The quantitative estimate of drug-likeness (QED) is 0.688. The second-order valence-electron chi connectivity index (χ2n) is 4.14. The molecule has 0 atom stereocenters. The predicted molar refractivity (Wildman–Crippen MR) is 74.9 cm³/mol. The Bertz CT molecular complexity index is 784. The summed E-state index contributed by atoms with van der Waals surface area (Å²) in [6.07, 6.45) is 0. The van der Waals surface area contributed by atoms with Gasteiger partial charge in [0.1, 0.15) is 5.69 Å². The maximum Gasteiger partial charge on any atom is 0.352 e. The number of carboxylic acids is 1. The van der Waals surface area contributed by atoms with E-state index in [1.54, 1.807) is 0 Å². The second-order valence-corrected chi connectivity index (χ2v) is 4.54. The lowest BCUT2D eigenvalue weighted by Gasteiger charge is -2.11. The third kappa shape index (κ3) is 2.92. The maximum atomic E-state index is 11.8. The minimum atomic E-state index is -1.30. The molecule has 1 aromatic carbocycles. The van der Waals surface area contributed by atoms with E-state index in [9.17, 15) is 19.7 Å². The van der Waals surface area contributed by atoms with Crippen LogP contribution in [0.1, 0.15) is 16.1 Å². The molecule has 0 aliphatic rings. The van der Waals surface area contributed by atoms with Crippen LogP contribution in [0.2, 0.25) is 5.02 Å². The molecule has 1 aromatic heterocycles. The van der Waals surface area contributed by atoms with Crippen molar-refractivity contribution in [1.29, 1.82) is 0 Å². The zero-order chi connectivity index (χ0) is 15.6. The van der Waals surface area contributed by atoms with E-state index < -0.39 is 16.5 Å². The highest BCUT2D eigenvalue weighted by atomic mass is 35.5. The summed E-state index contributed by atoms with van der Waals surface area (Å²) < 4.78 is 0.927. The van der Waals surface area contributed by atoms with Gasteiger partial charge in [-0.1, -0.05) is 23.7 Å². The molecule has 1 heterocycles. The zero-order valence-corrected chi connectivity index (χ0v) is 11.3. The zero-order valence-electron chi connectivity index (χ0n) is 10.5. The number of carbonyl (C=O) groups is 1. The molecule has 0 amide bonds. The topological polar surface area (TPSA) is 102 Å². The second kappa shape index (κ2) is 5.76. The monoisotopic (exact) mass is 308 g/mol. The molecule has 7 nitrogen and oxygen atoms in total. The average molecular weight is 309 g/mol. The lowest BCUT2D eigenvalue weighted by Crippen LogP contribution is -2.25. The van der Waals surface area contributed by atoms with E-state index in [0.717, 1.165) is 4.57 Å². The normalized spacial score (nSPS) is 10.3. The molecular weight excluding hydrogens is 300 g/mol. The van der Waals surface area contributed by atoms with Crippen molar-refractivity contribution in [2.24, 2.45) is 0 Å². The molecule has 21 heavy (non-hydrogen) atoms. The highest BCUT2D eigenvalue weighted by Gasteiger charge is 2.19. The molecule has 0 unspecified atom stereocenters. The largest absolute Gasteiger partial charge is 0.477 e. The molecule has 0 fully saturated rings. The van der Waals surface area contributed by atoms with E-state index in [0.29, 0.717) is 0 Å². The molecule has 2 aromatic rings. The first kappa shape index (κ1) is 14.7. The molecule has 0 saturated carbocycles. The van der Waals surface area contributed by atoms with Gasteiger partial charge < -0.3 is 5.11 Å². The van der Waals surface area contributed by atoms with E-state index in [1.807, 2.05) is 0 Å². The summed E-state index contributed by atoms with van der Waals surface area (Å²) >= 11 is 5.94. The van der Waals surface area contributed by atoms with Crippen molar-refractivity contribution in [2.75, 3.05) is 0 Å². The Labute approximate surface area is 123 Å². The van der Waals surface area contributed by atoms with Gasteiger partial charge >= 0.3 is 5.97 Å². The van der Waals surface area contributed by atoms with Crippen molar-refractivity contribution in [3.63, 3.8) is 0 Å². The third-order valence-corrected chi connectivity index (χ3v) is 3.23. The van der Waals surface area contributed by atoms with E-state index in [4.69, 9.17) is 16.7 Å². The minimum Gasteiger partial charge on any atom is -0.477 e. The van der Waals surface area contributed by atoms with Crippen LogP contribution in [0, 0.1) is 10.1 Å². The van der Waals surface area contributed by atoms with Crippen molar-refractivity contribution in [2.45, 2.75) is 6.54 Å². The van der Waals surface area contributed by atoms with Gasteiger partial charge in [0.05, 0.1) is 22.1 Å². The first-order chi connectivity index (χ1) is 9.91. The van der Waals surface area contributed by atoms with Gasteiger partial charge in [0.2, 0.25) is 0 Å². The Morgan fingerprint density at radius 3 is 2.57 bits per heavy atom. The smallest absolute Gasteiger partial charge is 0.352 e. The van der Waals surface area contributed by atoms with Crippen LogP contribution in [0.4, 0.5) is 5.69 Å². The van der Waals surface area contributed by atoms with Gasteiger partial charge in [-0.25, -0.2) is 4.79 Å². The Hall–Kier alpha value is -2.67. The number of aromatic nitrogens is 1. The summed E-state index contributed by atoms with van der Waals surface area (Å²) in [6.45, 7) is -0.294. The van der Waals surface area contributed by atoms with Crippen molar-refractivity contribution in [1.82, 2.24) is 4.57 Å². The highest BCUT2D eigenvalue weighted by Crippen LogP contribution is 2.27. The van der Waals surface area contributed by atoms with Crippen LogP contribution in [-0.4, -0.2) is 20.6 Å². The summed E-state index contributed by atoms with van der Waals surface area (Å²) in [6, 6.07) is 7.83. The molecule has 0 aliphatic heterocycles. The molecule has 0 radical (unpaired) electrons. The number of rotatable bonds is 4. The van der Waals surface area contributed by atoms with Gasteiger partial charge in [-0.05, 0) is 12.1 Å². The number of carboxylic acid groups (broad SMARTS) is 1. The van der Waals surface area contributed by atoms with Crippen molar-refractivity contribution in [3.8, 4) is 0 Å². The fourth-order valence-electron chi connectivity index (χ4n) is 1.90. The van der Waals surface area contributed by atoms with Gasteiger partial charge in [0.15, 0.2) is 0 Å². The van der Waals surface area contributed by atoms with Crippen LogP contribution in [0.3, 0.4) is 0 Å². The van der Waals surface area contributed by atoms with Crippen LogP contribution in [-0.2, 0) is 6.54 Å². The highest BCUT2D eigenvalue weighted by molar-refractivity contribution is 6.31. The summed E-state index contributed by atoms with van der Waals surface area (Å²) in [5.74, 6) is -1.30. The van der Waals surface area contributed by atoms with Crippen LogP contribution in [0.15, 0.2) is 41.2 Å². The number of aromatic carboxylic acids is 1. The number of nitrogens with zero attached hydrogens (tertiary/aromatic N) is 2. The van der Waals surface area contributed by atoms with Gasteiger partial charge in [0.25, 0.3) is 11.2 Å². The number of halogens is 1. The maximum absolute atomic E-state index is 11.8. The van der Waals surface area contributed by atoms with Gasteiger partial charge in [-0.3, -0.25) is 19.5 Å². The average Bonchev–Trinajstić information content (AvgIpc) is 2.42. The molecule has 0 bridgehead atoms. The van der Waals surface area contributed by atoms with Gasteiger partial charge in [-0.2, -0.15) is 0 Å². The number of nitro groups is 1. The molecule has 2 rings (SSSR count). The van der Waals surface area contributed by atoms with Crippen molar-refractivity contribution < 1.29 is 14.8 Å². The van der Waals surface area contributed by atoms with Crippen molar-refractivity contribution in [3.05, 3.63) is 73.1 Å². The van der Waals surface area contributed by atoms with Crippen LogP contribution >= 0.6 is 11.6 Å². The van der Waals surface area contributed by atoms with Gasteiger partial charge in [0, 0.05) is 12.1 Å². The number of benzene rings is 1. The number of hydrogen-bond acceptors (Lipinski definition) is 4. The lowest BCUT2D eigenvalue weighted by atomic mass is 10.1. The van der Waals surface area contributed by atoms with E-state index >= 15 is 0 Å². The van der Waals surface area contributed by atoms with E-state index in [-0.39, 0.29) is 28.5 Å². The molecule has 0 aliphatic carbocycles. The molecule has 108 valence electrons. The number of hydrogen-bond donors (Lipinski definition) is 1. The minimum absolute atomic E-state index is 0.0833. The van der Waals surface area contributed by atoms with Crippen LogP contribution in [0.25, 0.3) is 0 Å². The fourth-order valence-corrected chi connectivity index (χ4v) is 2.13. The predicted octanol–water partition coefficient (Wildman–Crippen LogP) is 2.16. The SMILES string of the molecule is O=C(O)c1cccc(=O)n1Cc1c(Cl)cccc1[N+](=O)[O-]. The fraction of sp³-hybridized carbons (Fsp3) is 0.0769. The van der Waals surface area contributed by atoms with Crippen molar-refractivity contribution >= 4 is 23.3 Å². The first-order valence-electron chi connectivity index (χ1n) is 5.76. The molecule has 0 saturated heterocycles. The standard InChI is InChI=1S/C13H9ClN2O5/c14-9-3-1-4-10(16(20)21)8(9)7-15-11(13(18)19)5-2-6-12(15)17/h1-6H,7H2,(H,18,19). The third-order valence-electron chi connectivity index (χ3n) is 2.88. The Morgan fingerprint density at radius 2 is 1.95 bits per heavy atom. The van der Waals surface area contributed by atoms with E-state index in [2.05, 4.69) is 0 Å². The summed E-state index contributed by atoms with van der Waals surface area (Å²) in [5.41, 5.74) is -1.03.